The molecule has 0 amide bonds. The van der Waals surface area contributed by atoms with Crippen LogP contribution in [0.3, 0.4) is 0 Å². The summed E-state index contributed by atoms with van der Waals surface area (Å²) in [6.07, 6.45) is 0.403. The van der Waals surface area contributed by atoms with Crippen molar-refractivity contribution in [3.8, 4) is 0 Å². The summed E-state index contributed by atoms with van der Waals surface area (Å²) in [6.45, 7) is 0. The quantitative estimate of drug-likeness (QED) is 0.427. The molecule has 0 rings (SSSR count). The molecular formula is C2H6BBrO2. The van der Waals surface area contributed by atoms with Crippen LogP contribution in [0.2, 0.25) is 6.32 Å². The third kappa shape index (κ3) is 4.46. The number of hydrogen-bond acceptors (Lipinski definition) is 2. The van der Waals surface area contributed by atoms with Crippen LogP contribution in [0.15, 0.2) is 0 Å². The van der Waals surface area contributed by atoms with E-state index in [2.05, 4.69) is 15.9 Å². The summed E-state index contributed by atoms with van der Waals surface area (Å²) in [5.74, 6) is 0. The lowest BCUT2D eigenvalue weighted by atomic mass is 9.88. The molecule has 0 fully saturated rings. The second-order valence-electron chi connectivity index (χ2n) is 0.958. The van der Waals surface area contributed by atoms with Gasteiger partial charge in [-0.25, -0.2) is 0 Å². The van der Waals surface area contributed by atoms with Crippen molar-refractivity contribution < 1.29 is 10.0 Å². The molecule has 6 heavy (non-hydrogen) atoms. The van der Waals surface area contributed by atoms with E-state index in [1.54, 1.807) is 0 Å². The first-order valence-electron chi connectivity index (χ1n) is 1.69. The van der Waals surface area contributed by atoms with Crippen molar-refractivity contribution >= 4 is 23.0 Å². The predicted octanol–water partition coefficient (Wildman–Crippen LogP) is -0.146. The molecule has 0 unspecified atom stereocenters. The minimum absolute atomic E-state index is 0.403. The maximum absolute atomic E-state index is 8.08. The van der Waals surface area contributed by atoms with Gasteiger partial charge in [-0.05, 0) is 6.32 Å². The number of halogens is 1. The molecule has 0 radical (unpaired) electrons. The molecule has 0 heterocycles. The summed E-state index contributed by atoms with van der Waals surface area (Å²) >= 11 is 3.03. The van der Waals surface area contributed by atoms with E-state index in [9.17, 15) is 0 Å². The van der Waals surface area contributed by atoms with Crippen molar-refractivity contribution in [2.45, 2.75) is 6.32 Å². The van der Waals surface area contributed by atoms with Crippen LogP contribution in [-0.4, -0.2) is 22.5 Å². The third-order valence-corrected chi connectivity index (χ3v) is 0.825. The Bertz CT molecular complexity index is 32.7. The van der Waals surface area contributed by atoms with E-state index < -0.39 is 7.12 Å². The summed E-state index contributed by atoms with van der Waals surface area (Å²) in [5, 5.41) is 16.8. The molecule has 0 aromatic rings. The molecule has 0 atom stereocenters. The van der Waals surface area contributed by atoms with Crippen molar-refractivity contribution in [3.05, 3.63) is 0 Å². The predicted molar refractivity (Wildman–Crippen MR) is 28.8 cm³/mol. The van der Waals surface area contributed by atoms with Gasteiger partial charge in [-0.2, -0.15) is 0 Å². The summed E-state index contributed by atoms with van der Waals surface area (Å²) in [7, 11) is -1.15. The molecule has 0 aromatic carbocycles. The molecule has 0 spiro atoms. The van der Waals surface area contributed by atoms with Crippen LogP contribution in [0.4, 0.5) is 0 Å². The van der Waals surface area contributed by atoms with Crippen LogP contribution in [0.5, 0.6) is 0 Å². The Labute approximate surface area is 45.5 Å². The Kier molecular flexibility index (Phi) is 3.93. The zero-order valence-corrected chi connectivity index (χ0v) is 4.85. The second kappa shape index (κ2) is 3.65. The lowest BCUT2D eigenvalue weighted by molar-refractivity contribution is 0.409. The van der Waals surface area contributed by atoms with Crippen molar-refractivity contribution in [1.29, 1.82) is 0 Å². The van der Waals surface area contributed by atoms with Gasteiger partial charge in [0.05, 0.1) is 0 Å². The molecule has 0 aromatic heterocycles. The molecule has 0 saturated carbocycles. The fourth-order valence-electron chi connectivity index (χ4n) is 0.0976. The highest BCUT2D eigenvalue weighted by molar-refractivity contribution is 9.09. The molecule has 0 aliphatic heterocycles. The van der Waals surface area contributed by atoms with E-state index in [4.69, 9.17) is 10.0 Å². The average molecular weight is 153 g/mol. The van der Waals surface area contributed by atoms with Gasteiger partial charge in [0.2, 0.25) is 0 Å². The Hall–Kier alpha value is 0.465. The molecule has 0 aliphatic rings. The smallest absolute Gasteiger partial charge is 0.427 e. The van der Waals surface area contributed by atoms with Gasteiger partial charge >= 0.3 is 7.12 Å². The van der Waals surface area contributed by atoms with Crippen LogP contribution in [0.1, 0.15) is 0 Å². The highest BCUT2D eigenvalue weighted by atomic mass is 79.9. The minimum atomic E-state index is -1.15. The molecule has 2 nitrogen and oxygen atoms in total. The highest BCUT2D eigenvalue weighted by Gasteiger charge is 2.01. The van der Waals surface area contributed by atoms with Crippen LogP contribution >= 0.6 is 15.9 Å². The van der Waals surface area contributed by atoms with Gasteiger partial charge in [0.25, 0.3) is 0 Å². The van der Waals surface area contributed by atoms with Crippen molar-refractivity contribution in [3.63, 3.8) is 0 Å². The Balaban J connectivity index is 2.63. The van der Waals surface area contributed by atoms with Crippen LogP contribution in [-0.2, 0) is 0 Å². The first-order chi connectivity index (χ1) is 2.77. The standard InChI is InChI=1S/C2H6BBrO2/c4-2-1-3(5)6/h5-6H,1-2H2. The van der Waals surface area contributed by atoms with Crippen LogP contribution < -0.4 is 0 Å². The number of hydrogen-bond donors (Lipinski definition) is 2. The number of rotatable bonds is 2. The van der Waals surface area contributed by atoms with Gasteiger partial charge in [-0.3, -0.25) is 0 Å². The zero-order chi connectivity index (χ0) is 4.99. The SMILES string of the molecule is OB(O)CCBr. The van der Waals surface area contributed by atoms with Gasteiger partial charge in [0.15, 0.2) is 0 Å². The molecule has 2 N–H and O–H groups in total. The van der Waals surface area contributed by atoms with Gasteiger partial charge in [0, 0.05) is 5.33 Å². The van der Waals surface area contributed by atoms with Crippen LogP contribution in [0.25, 0.3) is 0 Å². The van der Waals surface area contributed by atoms with E-state index in [1.807, 2.05) is 0 Å². The summed E-state index contributed by atoms with van der Waals surface area (Å²) < 4.78 is 0. The summed E-state index contributed by atoms with van der Waals surface area (Å²) in [4.78, 5) is 0. The molecular weight excluding hydrogens is 147 g/mol. The van der Waals surface area contributed by atoms with E-state index in [1.165, 1.54) is 0 Å². The third-order valence-electron chi connectivity index (χ3n) is 0.367. The molecule has 0 bridgehead atoms. The van der Waals surface area contributed by atoms with Crippen molar-refractivity contribution in [2.24, 2.45) is 0 Å². The van der Waals surface area contributed by atoms with Crippen molar-refractivity contribution in [1.82, 2.24) is 0 Å². The first kappa shape index (κ1) is 6.46. The Morgan fingerprint density at radius 1 is 1.50 bits per heavy atom. The van der Waals surface area contributed by atoms with E-state index in [0.717, 1.165) is 0 Å². The first-order valence-corrected chi connectivity index (χ1v) is 2.81. The summed E-state index contributed by atoms with van der Waals surface area (Å²) in [5.41, 5.74) is 0. The van der Waals surface area contributed by atoms with Gasteiger partial charge < -0.3 is 10.0 Å². The van der Waals surface area contributed by atoms with E-state index >= 15 is 0 Å². The van der Waals surface area contributed by atoms with E-state index in [0.29, 0.717) is 11.7 Å². The lowest BCUT2D eigenvalue weighted by Gasteiger charge is -1.86. The maximum atomic E-state index is 8.08. The van der Waals surface area contributed by atoms with Crippen LogP contribution in [0, 0.1) is 0 Å². The second-order valence-corrected chi connectivity index (χ2v) is 1.75. The molecule has 4 heteroatoms. The Morgan fingerprint density at radius 2 is 2.00 bits per heavy atom. The average Bonchev–Trinajstić information content (AvgIpc) is 1.35. The van der Waals surface area contributed by atoms with Crippen molar-refractivity contribution in [2.75, 3.05) is 5.33 Å². The maximum Gasteiger partial charge on any atom is 0.452 e. The number of alkyl halides is 1. The molecule has 0 aliphatic carbocycles. The van der Waals surface area contributed by atoms with E-state index in [-0.39, 0.29) is 0 Å². The fraction of sp³-hybridized carbons (Fsp3) is 1.00. The lowest BCUT2D eigenvalue weighted by Crippen LogP contribution is -2.09. The zero-order valence-electron chi connectivity index (χ0n) is 3.26. The highest BCUT2D eigenvalue weighted by Crippen LogP contribution is 1.88. The van der Waals surface area contributed by atoms with Gasteiger partial charge in [0.1, 0.15) is 0 Å². The largest absolute Gasteiger partial charge is 0.452 e. The van der Waals surface area contributed by atoms with Gasteiger partial charge in [-0.15, -0.1) is 0 Å². The monoisotopic (exact) mass is 152 g/mol. The van der Waals surface area contributed by atoms with Gasteiger partial charge in [-0.1, -0.05) is 15.9 Å². The fourth-order valence-corrected chi connectivity index (χ4v) is 0.507. The Morgan fingerprint density at radius 3 is 2.00 bits per heavy atom. The summed E-state index contributed by atoms with van der Waals surface area (Å²) in [6, 6.07) is 0. The normalized spacial score (nSPS) is 8.50. The topological polar surface area (TPSA) is 40.5 Å². The minimum Gasteiger partial charge on any atom is -0.427 e. The molecule has 36 valence electrons. The molecule has 0 saturated heterocycles.